The SMILES string of the molecule is CC(=O)NCCC#Cc1cc(C=O)ccc1Cl. The van der Waals surface area contributed by atoms with Crippen LogP contribution in [0.25, 0.3) is 0 Å². The van der Waals surface area contributed by atoms with E-state index in [1.54, 1.807) is 18.2 Å². The van der Waals surface area contributed by atoms with Gasteiger partial charge < -0.3 is 5.32 Å². The van der Waals surface area contributed by atoms with E-state index in [1.165, 1.54) is 6.92 Å². The normalized spacial score (nSPS) is 9.06. The van der Waals surface area contributed by atoms with Gasteiger partial charge in [-0.15, -0.1) is 0 Å². The summed E-state index contributed by atoms with van der Waals surface area (Å²) >= 11 is 5.93. The molecule has 0 fully saturated rings. The van der Waals surface area contributed by atoms with E-state index >= 15 is 0 Å². The second-order valence-corrected chi connectivity index (χ2v) is 3.80. The minimum absolute atomic E-state index is 0.0761. The summed E-state index contributed by atoms with van der Waals surface area (Å²) in [6, 6.07) is 4.92. The first-order valence-corrected chi connectivity index (χ1v) is 5.49. The average molecular weight is 250 g/mol. The molecule has 0 aliphatic heterocycles. The Balaban J connectivity index is 2.64. The maximum Gasteiger partial charge on any atom is 0.216 e. The van der Waals surface area contributed by atoms with Crippen molar-refractivity contribution in [1.29, 1.82) is 0 Å². The molecule has 17 heavy (non-hydrogen) atoms. The molecular weight excluding hydrogens is 238 g/mol. The van der Waals surface area contributed by atoms with Crippen LogP contribution in [-0.2, 0) is 4.79 Å². The Labute approximate surface area is 105 Å². The summed E-state index contributed by atoms with van der Waals surface area (Å²) in [5.41, 5.74) is 1.17. The molecule has 0 aliphatic carbocycles. The van der Waals surface area contributed by atoms with Crippen molar-refractivity contribution in [2.45, 2.75) is 13.3 Å². The number of benzene rings is 1. The minimum Gasteiger partial charge on any atom is -0.355 e. The van der Waals surface area contributed by atoms with Crippen LogP contribution < -0.4 is 5.32 Å². The number of hydrogen-bond donors (Lipinski definition) is 1. The van der Waals surface area contributed by atoms with Crippen LogP contribution in [0.5, 0.6) is 0 Å². The molecule has 0 aliphatic rings. The van der Waals surface area contributed by atoms with Crippen LogP contribution in [-0.4, -0.2) is 18.7 Å². The second-order valence-electron chi connectivity index (χ2n) is 3.39. The standard InChI is InChI=1S/C13H12ClNO2/c1-10(17)15-7-3-2-4-12-8-11(9-16)5-6-13(12)14/h5-6,8-9H,3,7H2,1H3,(H,15,17). The van der Waals surface area contributed by atoms with Crippen molar-refractivity contribution >= 4 is 23.8 Å². The van der Waals surface area contributed by atoms with Gasteiger partial charge in [0.05, 0.1) is 5.02 Å². The Bertz CT molecular complexity index is 486. The van der Waals surface area contributed by atoms with E-state index in [1.807, 2.05) is 0 Å². The lowest BCUT2D eigenvalue weighted by molar-refractivity contribution is -0.118. The number of aldehydes is 1. The van der Waals surface area contributed by atoms with Gasteiger partial charge in [-0.2, -0.15) is 0 Å². The highest BCUT2D eigenvalue weighted by Gasteiger charge is 1.98. The number of nitrogens with one attached hydrogen (secondary N) is 1. The Morgan fingerprint density at radius 3 is 2.94 bits per heavy atom. The van der Waals surface area contributed by atoms with E-state index in [-0.39, 0.29) is 5.91 Å². The summed E-state index contributed by atoms with van der Waals surface area (Å²) < 4.78 is 0. The molecule has 0 radical (unpaired) electrons. The van der Waals surface area contributed by atoms with Crippen LogP contribution in [0.1, 0.15) is 29.3 Å². The van der Waals surface area contributed by atoms with Gasteiger partial charge in [0.25, 0.3) is 0 Å². The molecule has 0 aromatic heterocycles. The zero-order valence-electron chi connectivity index (χ0n) is 9.42. The third-order valence-corrected chi connectivity index (χ3v) is 2.30. The lowest BCUT2D eigenvalue weighted by atomic mass is 10.1. The van der Waals surface area contributed by atoms with Crippen molar-refractivity contribution in [2.75, 3.05) is 6.54 Å². The Morgan fingerprint density at radius 2 is 2.29 bits per heavy atom. The van der Waals surface area contributed by atoms with Gasteiger partial charge in [0.1, 0.15) is 6.29 Å². The predicted molar refractivity (Wildman–Crippen MR) is 67.0 cm³/mol. The predicted octanol–water partition coefficient (Wildman–Crippen LogP) is 2.03. The van der Waals surface area contributed by atoms with E-state index in [0.717, 1.165) is 6.29 Å². The van der Waals surface area contributed by atoms with Crippen LogP contribution in [0, 0.1) is 11.8 Å². The van der Waals surface area contributed by atoms with Crippen LogP contribution >= 0.6 is 11.6 Å². The highest BCUT2D eigenvalue weighted by atomic mass is 35.5. The van der Waals surface area contributed by atoms with Crippen molar-refractivity contribution in [3.8, 4) is 11.8 Å². The Morgan fingerprint density at radius 1 is 1.53 bits per heavy atom. The Hall–Kier alpha value is -1.79. The molecule has 1 N–H and O–H groups in total. The third-order valence-electron chi connectivity index (χ3n) is 1.97. The number of carbonyl (C=O) groups excluding carboxylic acids is 2. The van der Waals surface area contributed by atoms with Gasteiger partial charge in [-0.3, -0.25) is 9.59 Å². The highest BCUT2D eigenvalue weighted by Crippen LogP contribution is 2.15. The maximum absolute atomic E-state index is 10.6. The first-order chi connectivity index (χ1) is 8.13. The molecular formula is C13H12ClNO2. The van der Waals surface area contributed by atoms with E-state index in [9.17, 15) is 9.59 Å². The average Bonchev–Trinajstić information content (AvgIpc) is 2.30. The summed E-state index contributed by atoms with van der Waals surface area (Å²) in [5.74, 6) is 5.68. The molecule has 88 valence electrons. The molecule has 1 aromatic carbocycles. The third kappa shape index (κ3) is 4.71. The summed E-state index contributed by atoms with van der Waals surface area (Å²) in [6.45, 7) is 1.96. The van der Waals surface area contributed by atoms with E-state index in [4.69, 9.17) is 11.6 Å². The van der Waals surface area contributed by atoms with E-state index in [2.05, 4.69) is 17.2 Å². The van der Waals surface area contributed by atoms with Crippen LogP contribution in [0.15, 0.2) is 18.2 Å². The Kier molecular flexibility index (Phi) is 5.25. The molecule has 0 atom stereocenters. The number of hydrogen-bond acceptors (Lipinski definition) is 2. The summed E-state index contributed by atoms with van der Waals surface area (Å²) in [5, 5.41) is 3.15. The quantitative estimate of drug-likeness (QED) is 0.506. The molecule has 4 heteroatoms. The monoisotopic (exact) mass is 249 g/mol. The molecule has 0 bridgehead atoms. The number of amides is 1. The van der Waals surface area contributed by atoms with Crippen LogP contribution in [0.4, 0.5) is 0 Å². The maximum atomic E-state index is 10.6. The highest BCUT2D eigenvalue weighted by molar-refractivity contribution is 6.31. The van der Waals surface area contributed by atoms with Gasteiger partial charge >= 0.3 is 0 Å². The van der Waals surface area contributed by atoms with Crippen LogP contribution in [0.2, 0.25) is 5.02 Å². The second kappa shape index (κ2) is 6.72. The van der Waals surface area contributed by atoms with Crippen molar-refractivity contribution in [3.05, 3.63) is 34.3 Å². The van der Waals surface area contributed by atoms with Crippen molar-refractivity contribution in [1.82, 2.24) is 5.32 Å². The number of halogens is 1. The summed E-state index contributed by atoms with van der Waals surface area (Å²) in [6.07, 6.45) is 1.29. The van der Waals surface area contributed by atoms with Gasteiger partial charge in [-0.05, 0) is 12.1 Å². The number of rotatable bonds is 3. The fourth-order valence-corrected chi connectivity index (χ4v) is 1.34. The summed E-state index contributed by atoms with van der Waals surface area (Å²) in [4.78, 5) is 21.2. The molecule has 0 saturated carbocycles. The molecule has 1 aromatic rings. The lowest BCUT2D eigenvalue weighted by Crippen LogP contribution is -2.20. The van der Waals surface area contributed by atoms with Crippen molar-refractivity contribution in [3.63, 3.8) is 0 Å². The first-order valence-electron chi connectivity index (χ1n) is 5.11. The van der Waals surface area contributed by atoms with Crippen LogP contribution in [0.3, 0.4) is 0 Å². The van der Waals surface area contributed by atoms with Gasteiger partial charge in [-0.25, -0.2) is 0 Å². The largest absolute Gasteiger partial charge is 0.355 e. The molecule has 0 spiro atoms. The smallest absolute Gasteiger partial charge is 0.216 e. The molecule has 0 unspecified atom stereocenters. The minimum atomic E-state index is -0.0761. The zero-order chi connectivity index (χ0) is 12.7. The molecule has 0 heterocycles. The molecule has 0 saturated heterocycles. The van der Waals surface area contributed by atoms with Gasteiger partial charge in [0.2, 0.25) is 5.91 Å². The summed E-state index contributed by atoms with van der Waals surface area (Å²) in [7, 11) is 0. The molecule has 3 nitrogen and oxygen atoms in total. The van der Waals surface area contributed by atoms with Crippen molar-refractivity contribution in [2.24, 2.45) is 0 Å². The van der Waals surface area contributed by atoms with Gasteiger partial charge in [0, 0.05) is 31.0 Å². The number of carbonyl (C=O) groups is 2. The lowest BCUT2D eigenvalue weighted by Gasteiger charge is -1.97. The molecule has 1 amide bonds. The fraction of sp³-hybridized carbons (Fsp3) is 0.231. The fourth-order valence-electron chi connectivity index (χ4n) is 1.17. The van der Waals surface area contributed by atoms with Gasteiger partial charge in [0.15, 0.2) is 0 Å². The van der Waals surface area contributed by atoms with E-state index < -0.39 is 0 Å². The zero-order valence-corrected chi connectivity index (χ0v) is 10.2. The van der Waals surface area contributed by atoms with E-state index in [0.29, 0.717) is 29.1 Å². The topological polar surface area (TPSA) is 46.2 Å². The molecule has 1 rings (SSSR count). The van der Waals surface area contributed by atoms with Crippen molar-refractivity contribution < 1.29 is 9.59 Å². The van der Waals surface area contributed by atoms with Gasteiger partial charge in [-0.1, -0.05) is 29.5 Å². The first kappa shape index (κ1) is 13.3.